The van der Waals surface area contributed by atoms with Gasteiger partial charge in [-0.15, -0.1) is 0 Å². The van der Waals surface area contributed by atoms with Crippen molar-refractivity contribution in [2.75, 3.05) is 0 Å². The van der Waals surface area contributed by atoms with Gasteiger partial charge in [0.2, 0.25) is 0 Å². The second-order valence-corrected chi connectivity index (χ2v) is 3.13. The van der Waals surface area contributed by atoms with Crippen LogP contribution in [-0.2, 0) is 5.67 Å². The van der Waals surface area contributed by atoms with Crippen LogP contribution in [0.25, 0.3) is 0 Å². The minimum absolute atomic E-state index is 0.0371. The van der Waals surface area contributed by atoms with Crippen molar-refractivity contribution in [3.63, 3.8) is 0 Å². The van der Waals surface area contributed by atoms with Crippen molar-refractivity contribution in [1.82, 2.24) is 0 Å². The van der Waals surface area contributed by atoms with Crippen LogP contribution >= 0.6 is 0 Å². The molecule has 1 nitrogen and oxygen atoms in total. The Balaban J connectivity index is 2.32. The molecule has 11 heavy (non-hydrogen) atoms. The van der Waals surface area contributed by atoms with Gasteiger partial charge in [0.15, 0.2) is 5.67 Å². The van der Waals surface area contributed by atoms with Crippen LogP contribution in [0.1, 0.15) is 12.0 Å². The molecule has 2 rings (SSSR count). The van der Waals surface area contributed by atoms with E-state index in [1.54, 1.807) is 0 Å². The highest BCUT2D eigenvalue weighted by Gasteiger charge is 2.58. The second kappa shape index (κ2) is 2.05. The van der Waals surface area contributed by atoms with Gasteiger partial charge in [-0.05, 0) is 5.56 Å². The summed E-state index contributed by atoms with van der Waals surface area (Å²) in [6, 6.07) is 9.23. The molecule has 58 valence electrons. The molecule has 1 aromatic rings. The molecule has 1 aromatic carbocycles. The molecule has 2 atom stereocenters. The zero-order valence-electron chi connectivity index (χ0n) is 6.26. The van der Waals surface area contributed by atoms with Crippen molar-refractivity contribution in [3.8, 4) is 0 Å². The average molecular weight is 152 g/mol. The van der Waals surface area contributed by atoms with Crippen LogP contribution < -0.4 is 5.73 Å². The molecule has 0 spiro atoms. The van der Waals surface area contributed by atoms with E-state index in [9.17, 15) is 4.39 Å². The van der Waals surface area contributed by atoms with Crippen LogP contribution in [0.2, 0.25) is 0 Å². The molecule has 1 saturated carbocycles. The van der Waals surface area contributed by atoms with Crippen LogP contribution in [0.5, 0.6) is 0 Å². The summed E-state index contributed by atoms with van der Waals surface area (Å²) < 4.78 is 13.6. The molecule has 1 aliphatic rings. The Morgan fingerprint density at radius 3 is 2.36 bits per heavy atom. The fourth-order valence-corrected chi connectivity index (χ4v) is 1.37. The Morgan fingerprint density at radius 1 is 1.36 bits per heavy atom. The summed E-state index contributed by atoms with van der Waals surface area (Å²) in [5.41, 5.74) is 3.37. The first-order chi connectivity index (χ1) is 5.23. The highest BCUT2D eigenvalue weighted by Crippen LogP contribution is 2.46. The molecule has 0 saturated heterocycles. The quantitative estimate of drug-likeness (QED) is 0.618. The van der Waals surface area contributed by atoms with Crippen molar-refractivity contribution >= 4 is 0 Å². The van der Waals surface area contributed by atoms with Crippen LogP contribution in [0, 0.1) is 0 Å². The summed E-state index contributed by atoms with van der Waals surface area (Å²) in [5.74, 6) is 0. The van der Waals surface area contributed by atoms with E-state index in [4.69, 9.17) is 0 Å². The van der Waals surface area contributed by atoms with Gasteiger partial charge in [0.05, 0.1) is 0 Å². The lowest BCUT2D eigenvalue weighted by atomic mass is 10.1. The van der Waals surface area contributed by atoms with Crippen molar-refractivity contribution in [2.24, 2.45) is 0 Å². The Labute approximate surface area is 65.0 Å². The maximum absolute atomic E-state index is 13.6. The summed E-state index contributed by atoms with van der Waals surface area (Å²) in [7, 11) is 0. The zero-order valence-corrected chi connectivity index (χ0v) is 6.26. The van der Waals surface area contributed by atoms with Gasteiger partial charge < -0.3 is 5.73 Å². The average Bonchev–Trinajstić information content (AvgIpc) is 2.64. The first kappa shape index (κ1) is 6.80. The monoisotopic (exact) mass is 152 g/mol. The molecule has 0 radical (unpaired) electrons. The molecular formula is C9H11FN+. The number of hydrogen-bond acceptors (Lipinski definition) is 0. The Bertz CT molecular complexity index is 260. The maximum atomic E-state index is 13.6. The third-order valence-electron chi connectivity index (χ3n) is 2.28. The van der Waals surface area contributed by atoms with E-state index >= 15 is 0 Å². The van der Waals surface area contributed by atoms with E-state index in [-0.39, 0.29) is 6.04 Å². The zero-order chi connectivity index (χ0) is 7.90. The number of hydrogen-bond donors (Lipinski definition) is 1. The molecule has 3 N–H and O–H groups in total. The summed E-state index contributed by atoms with van der Waals surface area (Å²) in [6.07, 6.45) is 0.580. The number of halogens is 1. The van der Waals surface area contributed by atoms with Crippen molar-refractivity contribution < 1.29 is 10.1 Å². The maximum Gasteiger partial charge on any atom is 0.192 e. The predicted molar refractivity (Wildman–Crippen MR) is 40.5 cm³/mol. The van der Waals surface area contributed by atoms with Gasteiger partial charge in [0.1, 0.15) is 6.04 Å². The lowest BCUT2D eigenvalue weighted by Crippen LogP contribution is -2.55. The Kier molecular flexibility index (Phi) is 1.26. The number of quaternary nitrogens is 1. The van der Waals surface area contributed by atoms with Crippen molar-refractivity contribution in [2.45, 2.75) is 18.1 Å². The predicted octanol–water partition coefficient (Wildman–Crippen LogP) is 0.866. The minimum Gasteiger partial charge on any atom is -0.352 e. The van der Waals surface area contributed by atoms with E-state index in [1.165, 1.54) is 0 Å². The standard InChI is InChI=1S/C9H10FN/c10-9(6-8(9)11)7-4-2-1-3-5-7/h1-5,8H,6,11H2/p+1/t8-,9-/m0/s1. The van der Waals surface area contributed by atoms with Gasteiger partial charge in [0.25, 0.3) is 0 Å². The number of rotatable bonds is 1. The highest BCUT2D eigenvalue weighted by atomic mass is 19.1. The van der Waals surface area contributed by atoms with Crippen LogP contribution in [0.15, 0.2) is 30.3 Å². The molecule has 1 fully saturated rings. The van der Waals surface area contributed by atoms with Gasteiger partial charge in [0, 0.05) is 6.42 Å². The largest absolute Gasteiger partial charge is 0.352 e. The third-order valence-corrected chi connectivity index (χ3v) is 2.28. The molecule has 0 bridgehead atoms. The summed E-state index contributed by atoms with van der Waals surface area (Å²) >= 11 is 0. The third kappa shape index (κ3) is 0.942. The van der Waals surface area contributed by atoms with Gasteiger partial charge in [-0.2, -0.15) is 0 Å². The van der Waals surface area contributed by atoms with Gasteiger partial charge in [-0.1, -0.05) is 30.3 Å². The fourth-order valence-electron chi connectivity index (χ4n) is 1.37. The van der Waals surface area contributed by atoms with Crippen molar-refractivity contribution in [3.05, 3.63) is 35.9 Å². The topological polar surface area (TPSA) is 27.6 Å². The Morgan fingerprint density at radius 2 is 1.91 bits per heavy atom. The Hall–Kier alpha value is -0.890. The smallest absolute Gasteiger partial charge is 0.192 e. The molecule has 0 unspecified atom stereocenters. The molecule has 0 heterocycles. The molecule has 0 aromatic heterocycles. The van der Waals surface area contributed by atoms with Crippen LogP contribution in [0.4, 0.5) is 4.39 Å². The SMILES string of the molecule is [NH3+][C@H]1C[C@]1(F)c1ccccc1. The fraction of sp³-hybridized carbons (Fsp3) is 0.333. The van der Waals surface area contributed by atoms with Gasteiger partial charge in [-0.25, -0.2) is 4.39 Å². The van der Waals surface area contributed by atoms with E-state index in [0.717, 1.165) is 5.56 Å². The minimum atomic E-state index is -1.11. The van der Waals surface area contributed by atoms with E-state index < -0.39 is 5.67 Å². The lowest BCUT2D eigenvalue weighted by molar-refractivity contribution is -0.396. The summed E-state index contributed by atoms with van der Waals surface area (Å²) in [6.45, 7) is 0. The van der Waals surface area contributed by atoms with Crippen LogP contribution in [0.3, 0.4) is 0 Å². The molecular weight excluding hydrogens is 141 g/mol. The van der Waals surface area contributed by atoms with E-state index in [2.05, 4.69) is 5.73 Å². The van der Waals surface area contributed by atoms with E-state index in [1.807, 2.05) is 30.3 Å². The second-order valence-electron chi connectivity index (χ2n) is 3.13. The number of alkyl halides is 1. The first-order valence-corrected chi connectivity index (χ1v) is 3.81. The molecule has 0 aliphatic heterocycles. The molecule has 0 amide bonds. The lowest BCUT2D eigenvalue weighted by Gasteiger charge is -2.02. The normalized spacial score (nSPS) is 35.3. The van der Waals surface area contributed by atoms with Gasteiger partial charge >= 0.3 is 0 Å². The summed E-state index contributed by atoms with van der Waals surface area (Å²) in [4.78, 5) is 0. The highest BCUT2D eigenvalue weighted by molar-refractivity contribution is 5.30. The first-order valence-electron chi connectivity index (χ1n) is 3.81. The van der Waals surface area contributed by atoms with Crippen LogP contribution in [-0.4, -0.2) is 6.04 Å². The van der Waals surface area contributed by atoms with Crippen molar-refractivity contribution in [1.29, 1.82) is 0 Å². The van der Waals surface area contributed by atoms with Gasteiger partial charge in [-0.3, -0.25) is 0 Å². The molecule has 2 heteroatoms. The summed E-state index contributed by atoms with van der Waals surface area (Å²) in [5, 5.41) is 0. The number of benzene rings is 1. The van der Waals surface area contributed by atoms with E-state index in [0.29, 0.717) is 6.42 Å². The molecule has 1 aliphatic carbocycles.